The van der Waals surface area contributed by atoms with Gasteiger partial charge in [-0.05, 0) is 57.3 Å². The highest BCUT2D eigenvalue weighted by atomic mass is 35.5. The van der Waals surface area contributed by atoms with Crippen molar-refractivity contribution < 1.29 is 9.66 Å². The molecule has 0 unspecified atom stereocenters. The molecule has 20 heavy (non-hydrogen) atoms. The Morgan fingerprint density at radius 3 is 2.70 bits per heavy atom. The molecular weight excluding hydrogens is 280 g/mol. The van der Waals surface area contributed by atoms with E-state index in [1.165, 1.54) is 18.9 Å². The fourth-order valence-electron chi connectivity index (χ4n) is 2.44. The van der Waals surface area contributed by atoms with Crippen molar-refractivity contribution in [2.24, 2.45) is 5.92 Å². The third-order valence-electron chi connectivity index (χ3n) is 3.62. The van der Waals surface area contributed by atoms with Crippen LogP contribution in [-0.4, -0.2) is 24.6 Å². The predicted octanol–water partition coefficient (Wildman–Crippen LogP) is 3.09. The van der Waals surface area contributed by atoms with Gasteiger partial charge in [0.15, 0.2) is 0 Å². The average molecular weight is 301 g/mol. The number of nitrogens with zero attached hydrogens (tertiary/aromatic N) is 1. The molecule has 6 heteroatoms. The van der Waals surface area contributed by atoms with Crippen LogP contribution in [0.2, 0.25) is 0 Å². The van der Waals surface area contributed by atoms with Crippen LogP contribution in [0.15, 0.2) is 18.2 Å². The summed E-state index contributed by atoms with van der Waals surface area (Å²) in [5.41, 5.74) is 0.787. The Morgan fingerprint density at radius 2 is 2.10 bits per heavy atom. The molecule has 0 spiro atoms. The van der Waals surface area contributed by atoms with E-state index in [1.54, 1.807) is 19.1 Å². The third-order valence-corrected chi connectivity index (χ3v) is 3.62. The second-order valence-corrected chi connectivity index (χ2v) is 5.04. The van der Waals surface area contributed by atoms with E-state index >= 15 is 0 Å². The summed E-state index contributed by atoms with van der Waals surface area (Å²) < 4.78 is 5.68. The third kappa shape index (κ3) is 4.65. The normalized spacial score (nSPS) is 15.4. The van der Waals surface area contributed by atoms with Crippen LogP contribution in [0.3, 0.4) is 0 Å². The monoisotopic (exact) mass is 300 g/mol. The first-order chi connectivity index (χ1) is 9.16. The maximum atomic E-state index is 10.7. The number of hydrogen-bond donors (Lipinski definition) is 1. The number of benzene rings is 1. The number of hydrogen-bond acceptors (Lipinski definition) is 4. The minimum atomic E-state index is -0.367. The van der Waals surface area contributed by atoms with Crippen LogP contribution in [-0.2, 0) is 0 Å². The Morgan fingerprint density at radius 1 is 1.40 bits per heavy atom. The first-order valence-electron chi connectivity index (χ1n) is 6.75. The van der Waals surface area contributed by atoms with Crippen LogP contribution >= 0.6 is 12.4 Å². The molecule has 1 aliphatic heterocycles. The lowest BCUT2D eigenvalue weighted by Gasteiger charge is -2.22. The van der Waals surface area contributed by atoms with Gasteiger partial charge in [-0.25, -0.2) is 0 Å². The van der Waals surface area contributed by atoms with Gasteiger partial charge in [0.25, 0.3) is 5.69 Å². The van der Waals surface area contributed by atoms with Crippen molar-refractivity contribution >= 4 is 18.1 Å². The molecular formula is C14H21ClN2O3. The number of piperidine rings is 1. The number of nitro groups is 1. The van der Waals surface area contributed by atoms with Crippen LogP contribution in [0, 0.1) is 23.0 Å². The molecule has 1 saturated heterocycles. The van der Waals surface area contributed by atoms with Gasteiger partial charge >= 0.3 is 0 Å². The lowest BCUT2D eigenvalue weighted by atomic mass is 9.95. The van der Waals surface area contributed by atoms with E-state index in [0.29, 0.717) is 12.2 Å². The molecule has 0 aromatic heterocycles. The molecule has 1 aromatic carbocycles. The number of halogens is 1. The molecule has 0 bridgehead atoms. The molecule has 1 fully saturated rings. The lowest BCUT2D eigenvalue weighted by Crippen LogP contribution is -2.28. The van der Waals surface area contributed by atoms with Crippen molar-refractivity contribution in [2.45, 2.75) is 26.2 Å². The predicted molar refractivity (Wildman–Crippen MR) is 80.8 cm³/mol. The van der Waals surface area contributed by atoms with E-state index in [0.717, 1.165) is 31.2 Å². The largest absolute Gasteiger partial charge is 0.494 e. The molecule has 0 amide bonds. The van der Waals surface area contributed by atoms with Gasteiger partial charge in [-0.15, -0.1) is 12.4 Å². The van der Waals surface area contributed by atoms with E-state index in [9.17, 15) is 10.1 Å². The summed E-state index contributed by atoms with van der Waals surface area (Å²) in [4.78, 5) is 10.3. The van der Waals surface area contributed by atoms with Crippen LogP contribution < -0.4 is 10.1 Å². The Balaban J connectivity index is 0.00000200. The Bertz CT molecular complexity index is 448. The highest BCUT2D eigenvalue weighted by molar-refractivity contribution is 5.85. The van der Waals surface area contributed by atoms with Gasteiger partial charge in [0.1, 0.15) is 5.75 Å². The number of aryl methyl sites for hydroxylation is 1. The van der Waals surface area contributed by atoms with Gasteiger partial charge in [-0.2, -0.15) is 0 Å². The van der Waals surface area contributed by atoms with E-state index < -0.39 is 0 Å². The van der Waals surface area contributed by atoms with E-state index in [2.05, 4.69) is 5.32 Å². The fourth-order valence-corrected chi connectivity index (χ4v) is 2.44. The molecule has 0 aliphatic carbocycles. The summed E-state index contributed by atoms with van der Waals surface area (Å²) in [6.07, 6.45) is 3.48. The lowest BCUT2D eigenvalue weighted by molar-refractivity contribution is -0.385. The summed E-state index contributed by atoms with van der Waals surface area (Å²) in [6.45, 7) is 4.61. The summed E-state index contributed by atoms with van der Waals surface area (Å²) in [5, 5.41) is 14.1. The van der Waals surface area contributed by atoms with Crippen molar-refractivity contribution in [1.82, 2.24) is 5.32 Å². The Hall–Kier alpha value is -1.33. The molecule has 1 aliphatic rings. The molecule has 5 nitrogen and oxygen atoms in total. The first kappa shape index (κ1) is 16.7. The molecule has 0 saturated carbocycles. The van der Waals surface area contributed by atoms with Crippen molar-refractivity contribution in [2.75, 3.05) is 19.7 Å². The minimum absolute atomic E-state index is 0. The van der Waals surface area contributed by atoms with Crippen molar-refractivity contribution in [3.8, 4) is 5.75 Å². The van der Waals surface area contributed by atoms with Gasteiger partial charge in [0.2, 0.25) is 0 Å². The smallest absolute Gasteiger partial charge is 0.272 e. The van der Waals surface area contributed by atoms with Crippen molar-refractivity contribution in [1.29, 1.82) is 0 Å². The fraction of sp³-hybridized carbons (Fsp3) is 0.571. The van der Waals surface area contributed by atoms with Gasteiger partial charge in [-0.1, -0.05) is 0 Å². The van der Waals surface area contributed by atoms with Crippen molar-refractivity contribution in [3.63, 3.8) is 0 Å². The maximum absolute atomic E-state index is 10.7. The highest BCUT2D eigenvalue weighted by Crippen LogP contribution is 2.24. The summed E-state index contributed by atoms with van der Waals surface area (Å²) >= 11 is 0. The van der Waals surface area contributed by atoms with Gasteiger partial charge in [0.05, 0.1) is 11.5 Å². The summed E-state index contributed by atoms with van der Waals surface area (Å²) in [6, 6.07) is 4.92. The van der Waals surface area contributed by atoms with E-state index in [1.807, 2.05) is 0 Å². The molecule has 2 rings (SSSR count). The number of ether oxygens (including phenoxy) is 1. The van der Waals surface area contributed by atoms with Crippen LogP contribution in [0.4, 0.5) is 5.69 Å². The van der Waals surface area contributed by atoms with E-state index in [-0.39, 0.29) is 23.0 Å². The highest BCUT2D eigenvalue weighted by Gasteiger charge is 2.13. The average Bonchev–Trinajstić information content (AvgIpc) is 2.39. The number of rotatable bonds is 5. The maximum Gasteiger partial charge on any atom is 0.272 e. The standard InChI is InChI=1S/C14H20N2O3.ClH/c1-11-10-13(2-3-14(11)16(17)18)19-9-6-12-4-7-15-8-5-12;/h2-3,10,12,15H,4-9H2,1H3;1H. The van der Waals surface area contributed by atoms with Crippen molar-refractivity contribution in [3.05, 3.63) is 33.9 Å². The second-order valence-electron chi connectivity index (χ2n) is 5.04. The Kier molecular flexibility index (Phi) is 6.75. The second kappa shape index (κ2) is 8.07. The zero-order valence-electron chi connectivity index (χ0n) is 11.6. The molecule has 0 atom stereocenters. The zero-order valence-corrected chi connectivity index (χ0v) is 12.4. The molecule has 112 valence electrons. The zero-order chi connectivity index (χ0) is 13.7. The number of nitro benzene ring substituents is 1. The summed E-state index contributed by atoms with van der Waals surface area (Å²) in [7, 11) is 0. The van der Waals surface area contributed by atoms with Crippen LogP contribution in [0.25, 0.3) is 0 Å². The molecule has 1 aromatic rings. The molecule has 1 heterocycles. The Labute approximate surface area is 125 Å². The van der Waals surface area contributed by atoms with Gasteiger partial charge in [0, 0.05) is 11.6 Å². The first-order valence-corrected chi connectivity index (χ1v) is 6.75. The minimum Gasteiger partial charge on any atom is -0.494 e. The molecule has 1 N–H and O–H groups in total. The summed E-state index contributed by atoms with van der Waals surface area (Å²) in [5.74, 6) is 1.46. The van der Waals surface area contributed by atoms with Crippen LogP contribution in [0.5, 0.6) is 5.75 Å². The SMILES string of the molecule is Cc1cc(OCCC2CCNCC2)ccc1[N+](=O)[O-].Cl. The van der Waals surface area contributed by atoms with E-state index in [4.69, 9.17) is 4.74 Å². The van der Waals surface area contributed by atoms with Gasteiger partial charge < -0.3 is 10.1 Å². The molecule has 0 radical (unpaired) electrons. The van der Waals surface area contributed by atoms with Gasteiger partial charge in [-0.3, -0.25) is 10.1 Å². The van der Waals surface area contributed by atoms with Crippen LogP contribution in [0.1, 0.15) is 24.8 Å². The quantitative estimate of drug-likeness (QED) is 0.670. The number of nitrogens with one attached hydrogen (secondary N) is 1. The topological polar surface area (TPSA) is 64.4 Å².